The maximum absolute atomic E-state index is 12.2. The third-order valence-corrected chi connectivity index (χ3v) is 8.49. The number of aliphatic hydroxyl groups is 3. The lowest BCUT2D eigenvalue weighted by molar-refractivity contribution is -0.161. The summed E-state index contributed by atoms with van der Waals surface area (Å²) in [6.45, 7) is 6.20. The van der Waals surface area contributed by atoms with Crippen LogP contribution in [0, 0.1) is 5.92 Å². The smallest absolute Gasteiger partial charge is 0.306 e. The Bertz CT molecular complexity index is 876. The number of carbonyl (C=O) groups excluding carboxylic acids is 2. The van der Waals surface area contributed by atoms with Crippen molar-refractivity contribution in [3.63, 3.8) is 0 Å². The van der Waals surface area contributed by atoms with E-state index in [2.05, 4.69) is 26.8 Å². The molecule has 0 aliphatic heterocycles. The monoisotopic (exact) mass is 691 g/mol. The number of aliphatic hydroxyl groups excluding tert-OH is 3. The van der Waals surface area contributed by atoms with Crippen molar-refractivity contribution in [3.8, 4) is 0 Å². The molecule has 0 amide bonds. The van der Waals surface area contributed by atoms with Crippen LogP contribution in [0.2, 0.25) is 0 Å². The minimum Gasteiger partial charge on any atom is -0.462 e. The van der Waals surface area contributed by atoms with E-state index in [1.807, 2.05) is 6.08 Å². The van der Waals surface area contributed by atoms with E-state index in [4.69, 9.17) is 9.47 Å². The first-order chi connectivity index (χ1) is 23.8. The van der Waals surface area contributed by atoms with Crippen LogP contribution in [-0.4, -0.2) is 58.8 Å². The second kappa shape index (κ2) is 35.6. The molecule has 0 aliphatic carbocycles. The van der Waals surface area contributed by atoms with E-state index in [1.165, 1.54) is 89.9 Å². The molecule has 0 aliphatic rings. The van der Waals surface area contributed by atoms with Gasteiger partial charge in [-0.15, -0.1) is 0 Å². The fourth-order valence-electron chi connectivity index (χ4n) is 5.40. The molecule has 284 valence electrons. The van der Waals surface area contributed by atoms with Crippen molar-refractivity contribution in [2.45, 2.75) is 187 Å². The Labute approximate surface area is 300 Å². The Morgan fingerprint density at radius 2 is 1.16 bits per heavy atom. The summed E-state index contributed by atoms with van der Waals surface area (Å²) in [5, 5.41) is 29.6. The predicted molar refractivity (Wildman–Crippen MR) is 203 cm³/mol. The minimum atomic E-state index is -0.862. The summed E-state index contributed by atoms with van der Waals surface area (Å²) in [5.41, 5.74) is 0. The van der Waals surface area contributed by atoms with Crippen LogP contribution < -0.4 is 0 Å². The highest BCUT2D eigenvalue weighted by atomic mass is 16.6. The van der Waals surface area contributed by atoms with E-state index in [0.29, 0.717) is 25.7 Å². The maximum Gasteiger partial charge on any atom is 0.306 e. The molecule has 3 atom stereocenters. The number of carbonyl (C=O) groups is 2. The first-order valence-electron chi connectivity index (χ1n) is 19.8. The van der Waals surface area contributed by atoms with E-state index < -0.39 is 30.9 Å². The van der Waals surface area contributed by atoms with Crippen molar-refractivity contribution in [1.29, 1.82) is 0 Å². The van der Waals surface area contributed by atoms with Crippen LogP contribution in [0.15, 0.2) is 48.6 Å². The fourth-order valence-corrected chi connectivity index (χ4v) is 5.40. The van der Waals surface area contributed by atoms with E-state index in [0.717, 1.165) is 31.6 Å². The topological polar surface area (TPSA) is 113 Å². The van der Waals surface area contributed by atoms with Gasteiger partial charge in [-0.3, -0.25) is 9.59 Å². The van der Waals surface area contributed by atoms with Gasteiger partial charge in [-0.1, -0.05) is 166 Å². The average molecular weight is 691 g/mol. The molecule has 0 rings (SSSR count). The van der Waals surface area contributed by atoms with Crippen molar-refractivity contribution in [3.05, 3.63) is 48.6 Å². The normalized spacial score (nSPS) is 14.1. The zero-order chi connectivity index (χ0) is 36.2. The van der Waals surface area contributed by atoms with Crippen LogP contribution in [0.4, 0.5) is 0 Å². The summed E-state index contributed by atoms with van der Waals surface area (Å²) >= 11 is 0. The van der Waals surface area contributed by atoms with Gasteiger partial charge in [0, 0.05) is 12.8 Å². The number of rotatable bonds is 34. The summed E-state index contributed by atoms with van der Waals surface area (Å²) in [6.07, 6.45) is 36.6. The van der Waals surface area contributed by atoms with E-state index >= 15 is 0 Å². The quantitative estimate of drug-likeness (QED) is 0.0267. The lowest BCUT2D eigenvalue weighted by Crippen LogP contribution is -2.28. The fraction of sp³-hybridized carbons (Fsp3) is 0.762. The van der Waals surface area contributed by atoms with Crippen LogP contribution in [0.1, 0.15) is 168 Å². The molecule has 7 heteroatoms. The molecule has 0 aromatic heterocycles. The number of hydrogen-bond acceptors (Lipinski definition) is 7. The SMILES string of the molecule is CCCCC/C=C\C[C@@H](O)/C=C/C=C/C=C\[C@@H](O)CCCC(=O)OC[C@H](CO)OC(=O)CCCCCCCCCCCCCCCC(C)C. The van der Waals surface area contributed by atoms with Crippen molar-refractivity contribution < 1.29 is 34.4 Å². The number of hydrogen-bond donors (Lipinski definition) is 3. The van der Waals surface area contributed by atoms with Crippen molar-refractivity contribution >= 4 is 11.9 Å². The maximum atomic E-state index is 12.2. The van der Waals surface area contributed by atoms with Crippen molar-refractivity contribution in [1.82, 2.24) is 0 Å². The molecule has 0 radical (unpaired) electrons. The molecule has 0 saturated heterocycles. The molecule has 0 aromatic carbocycles. The molecule has 0 fully saturated rings. The number of esters is 2. The Kier molecular flexibility index (Phi) is 34.0. The first-order valence-corrected chi connectivity index (χ1v) is 19.8. The second-order valence-corrected chi connectivity index (χ2v) is 13.9. The first kappa shape index (κ1) is 46.8. The summed E-state index contributed by atoms with van der Waals surface area (Å²) in [7, 11) is 0. The van der Waals surface area contributed by atoms with Gasteiger partial charge in [-0.25, -0.2) is 0 Å². The number of unbranched alkanes of at least 4 members (excludes halogenated alkanes) is 15. The van der Waals surface area contributed by atoms with Gasteiger partial charge in [-0.2, -0.15) is 0 Å². The lowest BCUT2D eigenvalue weighted by atomic mass is 10.0. The highest BCUT2D eigenvalue weighted by Crippen LogP contribution is 2.15. The van der Waals surface area contributed by atoms with Gasteiger partial charge in [0.2, 0.25) is 0 Å². The van der Waals surface area contributed by atoms with Crippen molar-refractivity contribution in [2.24, 2.45) is 5.92 Å². The minimum absolute atomic E-state index is 0.124. The predicted octanol–water partition coefficient (Wildman–Crippen LogP) is 10.0. The van der Waals surface area contributed by atoms with Crippen LogP contribution in [0.5, 0.6) is 0 Å². The van der Waals surface area contributed by atoms with Gasteiger partial charge in [0.1, 0.15) is 6.61 Å². The van der Waals surface area contributed by atoms with Gasteiger partial charge in [0.15, 0.2) is 6.10 Å². The standard InChI is InChI=1S/C42H74O7/c1-4-5-6-7-18-23-29-38(44)30-24-20-21-25-31-39(45)32-27-34-41(46)48-36-40(35-43)49-42(47)33-26-19-16-14-12-10-8-9-11-13-15-17-22-28-37(2)3/h18,20-21,23-25,30-31,37-40,43-45H,4-17,19,22,26-29,32-36H2,1-3H3/b21-20+,23-18-,30-24+,31-25-/t38-,39-,40+/m1/s1. The van der Waals surface area contributed by atoms with E-state index in [1.54, 1.807) is 36.5 Å². The average Bonchev–Trinajstić information content (AvgIpc) is 3.07. The van der Waals surface area contributed by atoms with E-state index in [-0.39, 0.29) is 19.0 Å². The second-order valence-electron chi connectivity index (χ2n) is 13.9. The van der Waals surface area contributed by atoms with Crippen LogP contribution >= 0.6 is 0 Å². The molecule has 0 aromatic rings. The molecular formula is C42H74O7. The van der Waals surface area contributed by atoms with Gasteiger partial charge in [0.05, 0.1) is 18.8 Å². The molecule has 0 saturated carbocycles. The highest BCUT2D eigenvalue weighted by Gasteiger charge is 2.16. The molecule has 49 heavy (non-hydrogen) atoms. The zero-order valence-corrected chi connectivity index (χ0v) is 31.6. The molecule has 3 N–H and O–H groups in total. The van der Waals surface area contributed by atoms with Gasteiger partial charge < -0.3 is 24.8 Å². The molecule has 0 unspecified atom stereocenters. The van der Waals surface area contributed by atoms with Crippen molar-refractivity contribution in [2.75, 3.05) is 13.2 Å². The summed E-state index contributed by atoms with van der Waals surface area (Å²) in [4.78, 5) is 24.3. The third kappa shape index (κ3) is 35.4. The van der Waals surface area contributed by atoms with Gasteiger partial charge >= 0.3 is 11.9 Å². The van der Waals surface area contributed by atoms with Gasteiger partial charge in [-0.05, 0) is 44.4 Å². The lowest BCUT2D eigenvalue weighted by Gasteiger charge is -2.16. The Morgan fingerprint density at radius 3 is 1.73 bits per heavy atom. The number of ether oxygens (including phenoxy) is 2. The summed E-state index contributed by atoms with van der Waals surface area (Å²) in [5.74, 6) is 0.000461. The number of allylic oxidation sites excluding steroid dienone is 5. The van der Waals surface area contributed by atoms with Crippen LogP contribution in [0.3, 0.4) is 0 Å². The van der Waals surface area contributed by atoms with Crippen LogP contribution in [-0.2, 0) is 19.1 Å². The van der Waals surface area contributed by atoms with E-state index in [9.17, 15) is 24.9 Å². The zero-order valence-electron chi connectivity index (χ0n) is 31.6. The molecule has 0 spiro atoms. The molecule has 0 bridgehead atoms. The van der Waals surface area contributed by atoms with Crippen LogP contribution in [0.25, 0.3) is 0 Å². The third-order valence-electron chi connectivity index (χ3n) is 8.49. The summed E-state index contributed by atoms with van der Waals surface area (Å²) in [6, 6.07) is 0. The van der Waals surface area contributed by atoms with Gasteiger partial charge in [0.25, 0.3) is 0 Å². The highest BCUT2D eigenvalue weighted by molar-refractivity contribution is 5.70. The Hall–Kier alpha value is -2.22. The largest absolute Gasteiger partial charge is 0.462 e. The molecule has 0 heterocycles. The molecular weight excluding hydrogens is 616 g/mol. The Morgan fingerprint density at radius 1 is 0.612 bits per heavy atom. The molecule has 7 nitrogen and oxygen atoms in total. The summed E-state index contributed by atoms with van der Waals surface area (Å²) < 4.78 is 10.5. The Balaban J connectivity index is 3.82.